The van der Waals surface area contributed by atoms with Gasteiger partial charge in [-0.05, 0) is 49.4 Å². The fourth-order valence-electron chi connectivity index (χ4n) is 2.63. The van der Waals surface area contributed by atoms with Gasteiger partial charge in [0.2, 0.25) is 0 Å². The molecule has 2 rings (SSSR count). The summed E-state index contributed by atoms with van der Waals surface area (Å²) >= 11 is 0. The SMILES string of the molecule is CC(C)CNCc1ccnc(N(C)CC2CCCCO2)c1. The third kappa shape index (κ3) is 5.64. The highest BCUT2D eigenvalue weighted by Gasteiger charge is 2.16. The molecule has 1 atom stereocenters. The third-order valence-electron chi connectivity index (χ3n) is 3.83. The van der Waals surface area contributed by atoms with Gasteiger partial charge >= 0.3 is 0 Å². The summed E-state index contributed by atoms with van der Waals surface area (Å²) in [4.78, 5) is 6.70. The standard InChI is InChI=1S/C17H29N3O/c1-14(2)11-18-12-15-7-8-19-17(10-15)20(3)13-16-6-4-5-9-21-16/h7-8,10,14,16,18H,4-6,9,11-13H2,1-3H3. The highest BCUT2D eigenvalue weighted by Crippen LogP contribution is 2.17. The normalized spacial score (nSPS) is 19.0. The van der Waals surface area contributed by atoms with Gasteiger partial charge in [0, 0.05) is 32.9 Å². The van der Waals surface area contributed by atoms with Crippen LogP contribution in [0.3, 0.4) is 0 Å². The molecule has 0 spiro atoms. The fraction of sp³-hybridized carbons (Fsp3) is 0.706. The average molecular weight is 291 g/mol. The van der Waals surface area contributed by atoms with E-state index in [1.807, 2.05) is 6.20 Å². The molecule has 118 valence electrons. The van der Waals surface area contributed by atoms with Gasteiger partial charge in [-0.15, -0.1) is 0 Å². The van der Waals surface area contributed by atoms with E-state index >= 15 is 0 Å². The predicted molar refractivity (Wildman–Crippen MR) is 87.6 cm³/mol. The van der Waals surface area contributed by atoms with Gasteiger partial charge in [0.15, 0.2) is 0 Å². The number of rotatable bonds is 7. The molecule has 0 aromatic carbocycles. The van der Waals surface area contributed by atoms with Crippen LogP contribution in [0.2, 0.25) is 0 Å². The van der Waals surface area contributed by atoms with E-state index in [9.17, 15) is 0 Å². The maximum Gasteiger partial charge on any atom is 0.128 e. The molecule has 1 N–H and O–H groups in total. The summed E-state index contributed by atoms with van der Waals surface area (Å²) in [6, 6.07) is 4.26. The summed E-state index contributed by atoms with van der Waals surface area (Å²) in [5.41, 5.74) is 1.29. The lowest BCUT2D eigenvalue weighted by Crippen LogP contribution is -2.33. The van der Waals surface area contributed by atoms with Crippen molar-refractivity contribution < 1.29 is 4.74 Å². The van der Waals surface area contributed by atoms with Crippen LogP contribution in [0, 0.1) is 5.92 Å². The number of hydrogen-bond acceptors (Lipinski definition) is 4. The Labute approximate surface area is 128 Å². The van der Waals surface area contributed by atoms with Crippen molar-refractivity contribution in [2.45, 2.75) is 45.8 Å². The van der Waals surface area contributed by atoms with Gasteiger partial charge in [-0.25, -0.2) is 4.98 Å². The van der Waals surface area contributed by atoms with E-state index in [-0.39, 0.29) is 0 Å². The number of nitrogens with zero attached hydrogens (tertiary/aromatic N) is 2. The smallest absolute Gasteiger partial charge is 0.128 e. The predicted octanol–water partition coefficient (Wildman–Crippen LogP) is 2.83. The second-order valence-corrected chi connectivity index (χ2v) is 6.42. The number of aromatic nitrogens is 1. The summed E-state index contributed by atoms with van der Waals surface area (Å²) in [5, 5.41) is 3.48. The summed E-state index contributed by atoms with van der Waals surface area (Å²) in [6.45, 7) is 8.23. The van der Waals surface area contributed by atoms with Gasteiger partial charge in [-0.1, -0.05) is 13.8 Å². The van der Waals surface area contributed by atoms with Crippen molar-refractivity contribution in [2.24, 2.45) is 5.92 Å². The minimum Gasteiger partial charge on any atom is -0.376 e. The van der Waals surface area contributed by atoms with Gasteiger partial charge in [-0.2, -0.15) is 0 Å². The zero-order chi connectivity index (χ0) is 15.1. The van der Waals surface area contributed by atoms with Crippen molar-refractivity contribution >= 4 is 5.82 Å². The lowest BCUT2D eigenvalue weighted by atomic mass is 10.1. The molecule has 1 aromatic heterocycles. The zero-order valence-corrected chi connectivity index (χ0v) is 13.6. The van der Waals surface area contributed by atoms with Crippen LogP contribution in [0.25, 0.3) is 0 Å². The molecule has 1 aliphatic heterocycles. The molecule has 0 aliphatic carbocycles. The molecule has 0 bridgehead atoms. The molecule has 1 aliphatic rings. The van der Waals surface area contributed by atoms with Crippen LogP contribution in [-0.4, -0.2) is 37.8 Å². The molecule has 1 aromatic rings. The second-order valence-electron chi connectivity index (χ2n) is 6.42. The number of hydrogen-bond donors (Lipinski definition) is 1. The molecular weight excluding hydrogens is 262 g/mol. The van der Waals surface area contributed by atoms with E-state index in [1.165, 1.54) is 24.8 Å². The summed E-state index contributed by atoms with van der Waals surface area (Å²) in [7, 11) is 2.10. The van der Waals surface area contributed by atoms with Crippen molar-refractivity contribution in [2.75, 3.05) is 31.6 Å². The summed E-state index contributed by atoms with van der Waals surface area (Å²) in [5.74, 6) is 1.71. The van der Waals surface area contributed by atoms with Gasteiger partial charge in [0.1, 0.15) is 5.82 Å². The summed E-state index contributed by atoms with van der Waals surface area (Å²) < 4.78 is 5.81. The van der Waals surface area contributed by atoms with Gasteiger partial charge in [-0.3, -0.25) is 0 Å². The van der Waals surface area contributed by atoms with E-state index in [1.54, 1.807) is 0 Å². The molecule has 4 heteroatoms. The van der Waals surface area contributed by atoms with Crippen molar-refractivity contribution in [3.05, 3.63) is 23.9 Å². The topological polar surface area (TPSA) is 37.4 Å². The molecular formula is C17H29N3O. The number of ether oxygens (including phenoxy) is 1. The first-order chi connectivity index (χ1) is 10.1. The molecule has 0 saturated carbocycles. The van der Waals surface area contributed by atoms with E-state index in [2.05, 4.69) is 48.2 Å². The number of anilines is 1. The molecule has 1 fully saturated rings. The van der Waals surface area contributed by atoms with Crippen molar-refractivity contribution in [1.29, 1.82) is 0 Å². The van der Waals surface area contributed by atoms with E-state index in [0.29, 0.717) is 12.0 Å². The van der Waals surface area contributed by atoms with Crippen molar-refractivity contribution in [3.63, 3.8) is 0 Å². The minimum absolute atomic E-state index is 0.355. The monoisotopic (exact) mass is 291 g/mol. The van der Waals surface area contributed by atoms with Crippen LogP contribution in [0.1, 0.15) is 38.7 Å². The van der Waals surface area contributed by atoms with Crippen LogP contribution in [-0.2, 0) is 11.3 Å². The first-order valence-corrected chi connectivity index (χ1v) is 8.13. The Balaban J connectivity index is 1.86. The van der Waals surface area contributed by atoms with Crippen LogP contribution < -0.4 is 10.2 Å². The average Bonchev–Trinajstić information content (AvgIpc) is 2.48. The molecule has 21 heavy (non-hydrogen) atoms. The number of pyridine rings is 1. The molecule has 4 nitrogen and oxygen atoms in total. The van der Waals surface area contributed by atoms with Crippen LogP contribution in [0.4, 0.5) is 5.82 Å². The molecule has 0 radical (unpaired) electrons. The quantitative estimate of drug-likeness (QED) is 0.838. The largest absolute Gasteiger partial charge is 0.376 e. The Bertz CT molecular complexity index is 416. The van der Waals surface area contributed by atoms with Gasteiger partial charge in [0.25, 0.3) is 0 Å². The lowest BCUT2D eigenvalue weighted by Gasteiger charge is -2.28. The summed E-state index contributed by atoms with van der Waals surface area (Å²) in [6.07, 6.45) is 5.91. The Morgan fingerprint density at radius 1 is 1.43 bits per heavy atom. The maximum absolute atomic E-state index is 5.81. The molecule has 1 saturated heterocycles. The van der Waals surface area contributed by atoms with Crippen LogP contribution in [0.15, 0.2) is 18.3 Å². The van der Waals surface area contributed by atoms with E-state index in [4.69, 9.17) is 4.74 Å². The van der Waals surface area contributed by atoms with Crippen LogP contribution >= 0.6 is 0 Å². The third-order valence-corrected chi connectivity index (χ3v) is 3.83. The van der Waals surface area contributed by atoms with E-state index < -0.39 is 0 Å². The van der Waals surface area contributed by atoms with Gasteiger partial charge in [0.05, 0.1) is 6.10 Å². The number of likely N-dealkylation sites (N-methyl/N-ethyl adjacent to an activating group) is 1. The first-order valence-electron chi connectivity index (χ1n) is 8.13. The molecule has 1 unspecified atom stereocenters. The van der Waals surface area contributed by atoms with Crippen LogP contribution in [0.5, 0.6) is 0 Å². The Morgan fingerprint density at radius 2 is 2.29 bits per heavy atom. The van der Waals surface area contributed by atoms with E-state index in [0.717, 1.165) is 32.1 Å². The Kier molecular flexibility index (Phi) is 6.46. The zero-order valence-electron chi connectivity index (χ0n) is 13.6. The highest BCUT2D eigenvalue weighted by atomic mass is 16.5. The Hall–Kier alpha value is -1.13. The first kappa shape index (κ1) is 16.2. The second kappa shape index (κ2) is 8.35. The van der Waals surface area contributed by atoms with Gasteiger partial charge < -0.3 is 15.0 Å². The number of nitrogens with one attached hydrogen (secondary N) is 1. The fourth-order valence-corrected chi connectivity index (χ4v) is 2.63. The molecule has 2 heterocycles. The maximum atomic E-state index is 5.81. The van der Waals surface area contributed by atoms with Crippen molar-refractivity contribution in [3.8, 4) is 0 Å². The Morgan fingerprint density at radius 3 is 3.00 bits per heavy atom. The van der Waals surface area contributed by atoms with Crippen molar-refractivity contribution in [1.82, 2.24) is 10.3 Å². The lowest BCUT2D eigenvalue weighted by molar-refractivity contribution is 0.0215. The highest BCUT2D eigenvalue weighted by molar-refractivity contribution is 5.40. The minimum atomic E-state index is 0.355. The molecule has 0 amide bonds.